The van der Waals surface area contributed by atoms with Crippen molar-refractivity contribution < 1.29 is 9.15 Å². The minimum Gasteiger partial charge on any atom is -0.494 e. The molecule has 1 aromatic carbocycles. The number of ether oxygens (including phenoxy) is 1. The number of hydrogen-bond acceptors (Lipinski definition) is 5. The molecule has 2 atom stereocenters. The third-order valence-electron chi connectivity index (χ3n) is 4.11. The zero-order chi connectivity index (χ0) is 16.1. The second-order valence-corrected chi connectivity index (χ2v) is 5.92. The van der Waals surface area contributed by atoms with Gasteiger partial charge in [-0.2, -0.15) is 0 Å². The lowest BCUT2D eigenvalue weighted by molar-refractivity contribution is 0.339. The highest BCUT2D eigenvalue weighted by Gasteiger charge is 2.30. The van der Waals surface area contributed by atoms with E-state index in [2.05, 4.69) is 34.4 Å². The second-order valence-electron chi connectivity index (χ2n) is 5.92. The van der Waals surface area contributed by atoms with Crippen LogP contribution in [0.4, 0.5) is 0 Å². The van der Waals surface area contributed by atoms with E-state index < -0.39 is 0 Å². The summed E-state index contributed by atoms with van der Waals surface area (Å²) >= 11 is 0. The first-order valence-corrected chi connectivity index (χ1v) is 8.23. The van der Waals surface area contributed by atoms with Crippen LogP contribution in [-0.4, -0.2) is 19.7 Å². The Balaban J connectivity index is 1.52. The number of rotatable bonds is 7. The van der Waals surface area contributed by atoms with Crippen LogP contribution in [0.3, 0.4) is 0 Å². The Kier molecular flexibility index (Phi) is 5.33. The lowest BCUT2D eigenvalue weighted by Gasteiger charge is -2.17. The van der Waals surface area contributed by atoms with Crippen molar-refractivity contribution in [3.8, 4) is 5.75 Å². The molecule has 2 aromatic rings. The zero-order valence-corrected chi connectivity index (χ0v) is 13.8. The quantitative estimate of drug-likeness (QED) is 0.733. The van der Waals surface area contributed by atoms with Crippen molar-refractivity contribution in [2.45, 2.75) is 26.4 Å². The fourth-order valence-corrected chi connectivity index (χ4v) is 2.96. The molecule has 5 heteroatoms. The predicted molar refractivity (Wildman–Crippen MR) is 90.1 cm³/mol. The minimum atomic E-state index is 0.214. The highest BCUT2D eigenvalue weighted by atomic mass is 16.5. The zero-order valence-electron chi connectivity index (χ0n) is 13.8. The fraction of sp³-hybridized carbons (Fsp3) is 0.444. The van der Waals surface area contributed by atoms with Crippen LogP contribution in [0.5, 0.6) is 5.75 Å². The Bertz CT molecular complexity index is 626. The molecular formula is C18H25N3O2. The summed E-state index contributed by atoms with van der Waals surface area (Å²) in [7, 11) is 0. The van der Waals surface area contributed by atoms with Gasteiger partial charge in [0.25, 0.3) is 0 Å². The van der Waals surface area contributed by atoms with Crippen LogP contribution in [0.2, 0.25) is 0 Å². The largest absolute Gasteiger partial charge is 0.494 e. The summed E-state index contributed by atoms with van der Waals surface area (Å²) in [6.07, 6.45) is 0. The van der Waals surface area contributed by atoms with Crippen molar-refractivity contribution >= 4 is 0 Å². The monoisotopic (exact) mass is 315 g/mol. The summed E-state index contributed by atoms with van der Waals surface area (Å²) in [6, 6.07) is 12.5. The molecule has 0 radical (unpaired) electrons. The lowest BCUT2D eigenvalue weighted by atomic mass is 10.00. The normalized spacial score (nSPS) is 20.8. The van der Waals surface area contributed by atoms with Crippen LogP contribution in [0, 0.1) is 12.8 Å². The summed E-state index contributed by atoms with van der Waals surface area (Å²) in [6.45, 7) is 7.35. The Morgan fingerprint density at radius 2 is 2.22 bits per heavy atom. The molecule has 1 aliphatic rings. The van der Waals surface area contributed by atoms with Gasteiger partial charge in [-0.1, -0.05) is 12.1 Å². The van der Waals surface area contributed by atoms with E-state index in [1.54, 1.807) is 0 Å². The molecule has 1 fully saturated rings. The third-order valence-corrected chi connectivity index (χ3v) is 4.11. The number of benzene rings is 1. The average molecular weight is 315 g/mol. The third kappa shape index (κ3) is 4.13. The molecule has 23 heavy (non-hydrogen) atoms. The molecule has 0 bridgehead atoms. The Morgan fingerprint density at radius 3 is 3.00 bits per heavy atom. The maximum atomic E-state index is 5.76. The summed E-state index contributed by atoms with van der Waals surface area (Å²) in [5.41, 5.74) is 7.78. The van der Waals surface area contributed by atoms with Crippen LogP contribution in [0.1, 0.15) is 30.0 Å². The van der Waals surface area contributed by atoms with Crippen LogP contribution < -0.4 is 20.9 Å². The molecule has 5 nitrogen and oxygen atoms in total. The average Bonchev–Trinajstić information content (AvgIpc) is 3.17. The van der Waals surface area contributed by atoms with Crippen molar-refractivity contribution in [3.05, 3.63) is 53.5 Å². The predicted octanol–water partition coefficient (Wildman–Crippen LogP) is 2.54. The van der Waals surface area contributed by atoms with Gasteiger partial charge in [0, 0.05) is 25.6 Å². The summed E-state index contributed by atoms with van der Waals surface area (Å²) in [5, 5.41) is 3.54. The maximum Gasteiger partial charge on any atom is 0.122 e. The summed E-state index contributed by atoms with van der Waals surface area (Å²) < 4.78 is 11.3. The maximum absolute atomic E-state index is 5.76. The number of furan rings is 1. The molecule has 1 aromatic heterocycles. The van der Waals surface area contributed by atoms with Gasteiger partial charge in [0.1, 0.15) is 17.3 Å². The second kappa shape index (κ2) is 7.64. The Labute approximate surface area is 137 Å². The van der Waals surface area contributed by atoms with E-state index in [0.717, 1.165) is 36.9 Å². The number of hydrazine groups is 1. The molecule has 1 aliphatic heterocycles. The SMILES string of the molecule is CCOc1cccc(CNCC2CNNC2c2ccc(C)o2)c1. The van der Waals surface area contributed by atoms with Gasteiger partial charge in [-0.3, -0.25) is 5.43 Å². The molecular weight excluding hydrogens is 290 g/mol. The molecule has 0 spiro atoms. The van der Waals surface area contributed by atoms with E-state index in [4.69, 9.17) is 9.15 Å². The first-order chi connectivity index (χ1) is 11.3. The molecule has 0 amide bonds. The van der Waals surface area contributed by atoms with Gasteiger partial charge in [-0.25, -0.2) is 5.43 Å². The number of aryl methyl sites for hydroxylation is 1. The highest BCUT2D eigenvalue weighted by molar-refractivity contribution is 5.28. The molecule has 0 saturated carbocycles. The molecule has 3 rings (SSSR count). The van der Waals surface area contributed by atoms with Gasteiger partial charge in [-0.05, 0) is 43.7 Å². The van der Waals surface area contributed by atoms with Crippen LogP contribution in [0.25, 0.3) is 0 Å². The highest BCUT2D eigenvalue weighted by Crippen LogP contribution is 2.26. The van der Waals surface area contributed by atoms with Gasteiger partial charge in [-0.15, -0.1) is 0 Å². The summed E-state index contributed by atoms with van der Waals surface area (Å²) in [5.74, 6) is 3.33. The molecule has 0 aliphatic carbocycles. The van der Waals surface area contributed by atoms with Crippen LogP contribution in [-0.2, 0) is 6.54 Å². The topological polar surface area (TPSA) is 58.5 Å². The van der Waals surface area contributed by atoms with E-state index in [1.807, 2.05) is 32.0 Å². The number of hydrogen-bond donors (Lipinski definition) is 3. The lowest BCUT2D eigenvalue weighted by Crippen LogP contribution is -2.28. The van der Waals surface area contributed by atoms with Crippen molar-refractivity contribution in [3.63, 3.8) is 0 Å². The van der Waals surface area contributed by atoms with E-state index in [0.29, 0.717) is 12.5 Å². The fourth-order valence-electron chi connectivity index (χ4n) is 2.96. The minimum absolute atomic E-state index is 0.214. The molecule has 1 saturated heterocycles. The summed E-state index contributed by atoms with van der Waals surface area (Å²) in [4.78, 5) is 0. The van der Waals surface area contributed by atoms with Gasteiger partial charge in [0.15, 0.2) is 0 Å². The van der Waals surface area contributed by atoms with E-state index in [1.165, 1.54) is 5.56 Å². The molecule has 3 N–H and O–H groups in total. The van der Waals surface area contributed by atoms with Gasteiger partial charge in [0.2, 0.25) is 0 Å². The molecule has 2 unspecified atom stereocenters. The molecule has 2 heterocycles. The van der Waals surface area contributed by atoms with E-state index in [-0.39, 0.29) is 6.04 Å². The van der Waals surface area contributed by atoms with Gasteiger partial charge in [0.05, 0.1) is 12.6 Å². The first-order valence-electron chi connectivity index (χ1n) is 8.23. The standard InChI is InChI=1S/C18H25N3O2/c1-3-22-16-6-4-5-14(9-16)10-19-11-15-12-20-21-18(15)17-8-7-13(2)23-17/h4-9,15,18-21H,3,10-12H2,1-2H3. The van der Waals surface area contributed by atoms with Crippen molar-refractivity contribution in [1.82, 2.24) is 16.2 Å². The van der Waals surface area contributed by atoms with E-state index in [9.17, 15) is 0 Å². The molecule has 124 valence electrons. The van der Waals surface area contributed by atoms with Crippen molar-refractivity contribution in [2.24, 2.45) is 5.92 Å². The Hall–Kier alpha value is -1.82. The van der Waals surface area contributed by atoms with Gasteiger partial charge >= 0.3 is 0 Å². The van der Waals surface area contributed by atoms with Crippen molar-refractivity contribution in [2.75, 3.05) is 19.7 Å². The van der Waals surface area contributed by atoms with Crippen LogP contribution in [0.15, 0.2) is 40.8 Å². The smallest absolute Gasteiger partial charge is 0.122 e. The Morgan fingerprint density at radius 1 is 1.30 bits per heavy atom. The first kappa shape index (κ1) is 16.1. The van der Waals surface area contributed by atoms with Crippen molar-refractivity contribution in [1.29, 1.82) is 0 Å². The van der Waals surface area contributed by atoms with Gasteiger partial charge < -0.3 is 14.5 Å². The van der Waals surface area contributed by atoms with E-state index >= 15 is 0 Å². The number of nitrogens with one attached hydrogen (secondary N) is 3. The van der Waals surface area contributed by atoms with Crippen LogP contribution >= 0.6 is 0 Å².